The molecule has 1 saturated carbocycles. The number of ether oxygens (including phenoxy) is 1. The van der Waals surface area contributed by atoms with Crippen LogP contribution in [0.25, 0.3) is 10.9 Å². The molecule has 2 aromatic rings. The van der Waals surface area contributed by atoms with Gasteiger partial charge in [0.05, 0.1) is 12.3 Å². The highest BCUT2D eigenvalue weighted by Gasteiger charge is 2.48. The van der Waals surface area contributed by atoms with Crippen LogP contribution >= 0.6 is 0 Å². The topological polar surface area (TPSA) is 28.3 Å². The van der Waals surface area contributed by atoms with Crippen molar-refractivity contribution in [2.24, 2.45) is 0 Å². The van der Waals surface area contributed by atoms with Gasteiger partial charge in [-0.1, -0.05) is 26.7 Å². The zero-order chi connectivity index (χ0) is 19.1. The average Bonchev–Trinajstić information content (AvgIpc) is 3.07. The Hall–Kier alpha value is -1.39. The summed E-state index contributed by atoms with van der Waals surface area (Å²) in [5.74, 6) is -0.156. The van der Waals surface area contributed by atoms with Crippen molar-refractivity contribution in [1.29, 1.82) is 0 Å². The Bertz CT molecular complexity index is 804. The van der Waals surface area contributed by atoms with Crippen molar-refractivity contribution in [1.82, 2.24) is 9.88 Å². The molecule has 0 bridgehead atoms. The van der Waals surface area contributed by atoms with Crippen molar-refractivity contribution in [3.8, 4) is 0 Å². The minimum Gasteiger partial charge on any atom is -0.368 e. The Morgan fingerprint density at radius 1 is 1.19 bits per heavy atom. The van der Waals surface area contributed by atoms with E-state index >= 15 is 0 Å². The third kappa shape index (κ3) is 3.11. The third-order valence-corrected chi connectivity index (χ3v) is 7.32. The molecule has 4 heteroatoms. The summed E-state index contributed by atoms with van der Waals surface area (Å²) >= 11 is 0. The summed E-state index contributed by atoms with van der Waals surface area (Å²) in [7, 11) is 2.28. The molecule has 3 nitrogen and oxygen atoms in total. The number of H-pyrrole nitrogens is 1. The van der Waals surface area contributed by atoms with Gasteiger partial charge in [0.1, 0.15) is 11.4 Å². The van der Waals surface area contributed by atoms with Crippen molar-refractivity contribution in [3.05, 3.63) is 35.3 Å². The molecule has 2 heterocycles. The van der Waals surface area contributed by atoms with Gasteiger partial charge < -0.3 is 14.6 Å². The van der Waals surface area contributed by atoms with Gasteiger partial charge in [-0.05, 0) is 75.9 Å². The Morgan fingerprint density at radius 3 is 2.67 bits per heavy atom. The summed E-state index contributed by atoms with van der Waals surface area (Å²) in [6, 6.07) is 5.10. The van der Waals surface area contributed by atoms with Gasteiger partial charge >= 0.3 is 0 Å². The minimum atomic E-state index is -0.215. The molecule has 0 amide bonds. The van der Waals surface area contributed by atoms with Gasteiger partial charge in [-0.3, -0.25) is 0 Å². The van der Waals surface area contributed by atoms with E-state index in [4.69, 9.17) is 4.74 Å². The average molecular weight is 373 g/mol. The second-order valence-corrected chi connectivity index (χ2v) is 8.60. The summed E-state index contributed by atoms with van der Waals surface area (Å²) in [4.78, 5) is 6.18. The molecule has 0 saturated heterocycles. The molecule has 1 fully saturated rings. The van der Waals surface area contributed by atoms with Gasteiger partial charge in [-0.2, -0.15) is 0 Å². The Labute approximate surface area is 162 Å². The van der Waals surface area contributed by atoms with Crippen molar-refractivity contribution >= 4 is 10.9 Å². The van der Waals surface area contributed by atoms with Gasteiger partial charge in [-0.25, -0.2) is 4.39 Å². The predicted octanol–water partition coefficient (Wildman–Crippen LogP) is 5.53. The fourth-order valence-corrected chi connectivity index (χ4v) is 5.47. The highest BCUT2D eigenvalue weighted by Crippen LogP contribution is 2.50. The molecular weight excluding hydrogens is 339 g/mol. The summed E-state index contributed by atoms with van der Waals surface area (Å²) < 4.78 is 20.3. The second kappa shape index (κ2) is 7.21. The number of benzene rings is 1. The van der Waals surface area contributed by atoms with Crippen molar-refractivity contribution in [2.45, 2.75) is 76.4 Å². The number of nitrogens with zero attached hydrogens (tertiary/aromatic N) is 1. The molecule has 148 valence electrons. The van der Waals surface area contributed by atoms with Gasteiger partial charge in [0.25, 0.3) is 0 Å². The van der Waals surface area contributed by atoms with E-state index in [9.17, 15) is 4.39 Å². The number of fused-ring (bicyclic) bond motifs is 4. The van der Waals surface area contributed by atoms with E-state index in [-0.39, 0.29) is 11.4 Å². The highest BCUT2D eigenvalue weighted by molar-refractivity contribution is 5.85. The van der Waals surface area contributed by atoms with Crippen LogP contribution in [0.3, 0.4) is 0 Å². The molecule has 0 radical (unpaired) electrons. The molecule has 1 aliphatic carbocycles. The number of nitrogens with one attached hydrogen (secondary N) is 1. The Morgan fingerprint density at radius 2 is 1.96 bits per heavy atom. The van der Waals surface area contributed by atoms with Crippen LogP contribution in [0.1, 0.15) is 70.1 Å². The van der Waals surface area contributed by atoms with Crippen molar-refractivity contribution in [3.63, 3.8) is 0 Å². The summed E-state index contributed by atoms with van der Waals surface area (Å²) in [6.07, 6.45) is 9.10. The number of halogens is 1. The number of hydrogen-bond acceptors (Lipinski definition) is 2. The van der Waals surface area contributed by atoms with Crippen LogP contribution in [-0.2, 0) is 16.8 Å². The highest BCUT2D eigenvalue weighted by atomic mass is 19.1. The van der Waals surface area contributed by atoms with Crippen LogP contribution in [0.2, 0.25) is 0 Å². The molecule has 1 aliphatic heterocycles. The first-order valence-electron chi connectivity index (χ1n) is 10.7. The summed E-state index contributed by atoms with van der Waals surface area (Å²) in [5.41, 5.74) is 3.63. The Balaban J connectivity index is 1.66. The predicted molar refractivity (Wildman–Crippen MR) is 109 cm³/mol. The number of hydrogen-bond donors (Lipinski definition) is 1. The van der Waals surface area contributed by atoms with Crippen molar-refractivity contribution in [2.75, 3.05) is 20.2 Å². The molecule has 1 spiro atoms. The number of aromatic amines is 1. The van der Waals surface area contributed by atoms with Gasteiger partial charge in [0.2, 0.25) is 0 Å². The maximum Gasteiger partial charge on any atom is 0.123 e. The van der Waals surface area contributed by atoms with E-state index in [1.54, 1.807) is 12.1 Å². The summed E-state index contributed by atoms with van der Waals surface area (Å²) in [5, 5.41) is 1.04. The van der Waals surface area contributed by atoms with Crippen LogP contribution < -0.4 is 0 Å². The van der Waals surface area contributed by atoms with Crippen LogP contribution in [-0.4, -0.2) is 35.6 Å². The Kier molecular flexibility index (Phi) is 5.06. The molecular formula is C23H33FN2O. The van der Waals surface area contributed by atoms with Crippen molar-refractivity contribution < 1.29 is 9.13 Å². The standard InChI is InChI=1S/C23H33FN2O/c1-4-6-10-22(26(3)5-2)11-13-23(14-12-22)21-18(9-15-27-23)19-16-17(24)7-8-20(19)25-21/h7-8,16,25H,4-6,9-15H2,1-3H3. The monoisotopic (exact) mass is 372 g/mol. The van der Waals surface area contributed by atoms with Gasteiger partial charge in [0.15, 0.2) is 0 Å². The molecule has 0 atom stereocenters. The number of unbranched alkanes of at least 4 members (excludes halogenated alkanes) is 1. The maximum atomic E-state index is 13.8. The second-order valence-electron chi connectivity index (χ2n) is 8.60. The van der Waals surface area contributed by atoms with Crippen LogP contribution in [0.5, 0.6) is 0 Å². The lowest BCUT2D eigenvalue weighted by atomic mass is 9.68. The fourth-order valence-electron chi connectivity index (χ4n) is 5.47. The molecule has 0 unspecified atom stereocenters. The fraction of sp³-hybridized carbons (Fsp3) is 0.652. The lowest BCUT2D eigenvalue weighted by Gasteiger charge is -2.51. The number of aromatic nitrogens is 1. The van der Waals surface area contributed by atoms with E-state index < -0.39 is 0 Å². The largest absolute Gasteiger partial charge is 0.368 e. The van der Waals surface area contributed by atoms with E-state index in [0.717, 1.165) is 43.3 Å². The summed E-state index contributed by atoms with van der Waals surface area (Å²) in [6.45, 7) is 6.38. The quantitative estimate of drug-likeness (QED) is 0.747. The molecule has 1 N–H and O–H groups in total. The smallest absolute Gasteiger partial charge is 0.123 e. The number of rotatable bonds is 5. The first-order chi connectivity index (χ1) is 13.0. The SMILES string of the molecule is CCCCC1(N(C)CC)CCC2(CC1)OCCc1c2[nH]c2ccc(F)cc12. The molecule has 1 aromatic carbocycles. The van der Waals surface area contributed by atoms with Gasteiger partial charge in [-0.15, -0.1) is 0 Å². The minimum absolute atomic E-state index is 0.156. The zero-order valence-corrected chi connectivity index (χ0v) is 17.0. The third-order valence-electron chi connectivity index (χ3n) is 7.32. The lowest BCUT2D eigenvalue weighted by molar-refractivity contribution is -0.115. The van der Waals surface area contributed by atoms with E-state index in [0.29, 0.717) is 5.54 Å². The molecule has 27 heavy (non-hydrogen) atoms. The van der Waals surface area contributed by atoms with Crippen LogP contribution in [0.15, 0.2) is 18.2 Å². The first kappa shape index (κ1) is 18.9. The normalized spacial score (nSPS) is 28.2. The zero-order valence-electron chi connectivity index (χ0n) is 17.0. The molecule has 4 rings (SSSR count). The van der Waals surface area contributed by atoms with Gasteiger partial charge in [0, 0.05) is 16.4 Å². The van der Waals surface area contributed by atoms with Crippen LogP contribution in [0.4, 0.5) is 4.39 Å². The van der Waals surface area contributed by atoms with Crippen LogP contribution in [0, 0.1) is 5.82 Å². The van der Waals surface area contributed by atoms with E-state index in [1.165, 1.54) is 43.4 Å². The lowest BCUT2D eigenvalue weighted by Crippen LogP contribution is -2.53. The first-order valence-corrected chi connectivity index (χ1v) is 10.7. The van der Waals surface area contributed by atoms with E-state index in [1.807, 2.05) is 6.07 Å². The molecule has 2 aliphatic rings. The van der Waals surface area contributed by atoms with E-state index in [2.05, 4.69) is 30.8 Å². The maximum absolute atomic E-state index is 13.8. The molecule has 1 aromatic heterocycles.